The van der Waals surface area contributed by atoms with Crippen molar-refractivity contribution in [2.24, 2.45) is 0 Å². The first kappa shape index (κ1) is 25.6. The van der Waals surface area contributed by atoms with Gasteiger partial charge in [-0.15, -0.1) is 0 Å². The minimum atomic E-state index is -3.97. The van der Waals surface area contributed by atoms with Crippen molar-refractivity contribution in [3.63, 3.8) is 0 Å². The van der Waals surface area contributed by atoms with E-state index in [1.54, 1.807) is 31.2 Å². The second-order valence-electron chi connectivity index (χ2n) is 7.65. The summed E-state index contributed by atoms with van der Waals surface area (Å²) in [6.07, 6.45) is -1.17. The van der Waals surface area contributed by atoms with Crippen molar-refractivity contribution in [3.05, 3.63) is 87.4 Å². The van der Waals surface area contributed by atoms with Gasteiger partial charge in [-0.1, -0.05) is 47.0 Å². The van der Waals surface area contributed by atoms with Gasteiger partial charge in [-0.3, -0.25) is 9.52 Å². The largest absolute Gasteiger partial charge is 0.449 e. The van der Waals surface area contributed by atoms with Gasteiger partial charge < -0.3 is 10.1 Å². The van der Waals surface area contributed by atoms with E-state index in [0.29, 0.717) is 27.0 Å². The highest BCUT2D eigenvalue weighted by Crippen LogP contribution is 2.24. The topological polar surface area (TPSA) is 102 Å². The smallest absolute Gasteiger partial charge is 0.338 e. The molecule has 3 aromatic carbocycles. The van der Waals surface area contributed by atoms with Gasteiger partial charge in [0.15, 0.2) is 6.10 Å². The Labute approximate surface area is 208 Å². The van der Waals surface area contributed by atoms with Gasteiger partial charge in [0, 0.05) is 21.4 Å². The van der Waals surface area contributed by atoms with Crippen LogP contribution in [0.15, 0.2) is 65.6 Å². The summed E-state index contributed by atoms with van der Waals surface area (Å²) in [5.74, 6) is -1.45. The van der Waals surface area contributed by atoms with Gasteiger partial charge in [-0.05, 0) is 68.8 Å². The second-order valence-corrected chi connectivity index (χ2v) is 10.2. The molecule has 0 aliphatic carbocycles. The fraction of sp³-hybridized carbons (Fsp3) is 0.167. The summed E-state index contributed by atoms with van der Waals surface area (Å²) in [6.45, 7) is 4.90. The lowest BCUT2D eigenvalue weighted by molar-refractivity contribution is -0.123. The highest BCUT2D eigenvalue weighted by molar-refractivity contribution is 7.92. The van der Waals surface area contributed by atoms with E-state index in [1.807, 2.05) is 6.92 Å². The summed E-state index contributed by atoms with van der Waals surface area (Å²) in [4.78, 5) is 25.0. The van der Waals surface area contributed by atoms with E-state index in [2.05, 4.69) is 10.0 Å². The van der Waals surface area contributed by atoms with Crippen molar-refractivity contribution in [2.75, 3.05) is 10.0 Å². The number of halogens is 2. The molecule has 1 amide bonds. The molecular formula is C24H22Cl2N2O5S. The first-order chi connectivity index (χ1) is 15.9. The molecule has 1 unspecified atom stereocenters. The quantitative estimate of drug-likeness (QED) is 0.395. The highest BCUT2D eigenvalue weighted by Gasteiger charge is 2.23. The van der Waals surface area contributed by atoms with Crippen LogP contribution in [0.3, 0.4) is 0 Å². The van der Waals surface area contributed by atoms with E-state index in [4.69, 9.17) is 27.9 Å². The number of carbonyl (C=O) groups is 2. The molecule has 0 spiro atoms. The Kier molecular flexibility index (Phi) is 7.86. The van der Waals surface area contributed by atoms with E-state index < -0.39 is 28.0 Å². The lowest BCUT2D eigenvalue weighted by atomic mass is 10.1. The molecule has 3 rings (SSSR count). The van der Waals surface area contributed by atoms with Gasteiger partial charge in [0.05, 0.1) is 10.5 Å². The zero-order valence-electron chi connectivity index (χ0n) is 18.6. The highest BCUT2D eigenvalue weighted by atomic mass is 35.5. The maximum Gasteiger partial charge on any atom is 0.338 e. The Hall–Kier alpha value is -3.07. The number of ether oxygens (including phenoxy) is 1. The molecule has 178 valence electrons. The van der Waals surface area contributed by atoms with Gasteiger partial charge in [0.2, 0.25) is 0 Å². The summed E-state index contributed by atoms with van der Waals surface area (Å²) in [5, 5.41) is 3.23. The van der Waals surface area contributed by atoms with Crippen LogP contribution in [0, 0.1) is 13.8 Å². The number of nitrogens with one attached hydrogen (secondary N) is 2. The van der Waals surface area contributed by atoms with Crippen LogP contribution in [0.5, 0.6) is 0 Å². The van der Waals surface area contributed by atoms with Crippen LogP contribution >= 0.6 is 23.2 Å². The molecule has 0 fully saturated rings. The number of hydrogen-bond donors (Lipinski definition) is 2. The Morgan fingerprint density at radius 2 is 1.50 bits per heavy atom. The van der Waals surface area contributed by atoms with Crippen molar-refractivity contribution in [1.82, 2.24) is 0 Å². The fourth-order valence-corrected chi connectivity index (χ4v) is 4.86. The molecule has 10 heteroatoms. The van der Waals surface area contributed by atoms with Crippen molar-refractivity contribution >= 4 is 56.5 Å². The first-order valence-corrected chi connectivity index (χ1v) is 12.4. The van der Waals surface area contributed by atoms with E-state index in [9.17, 15) is 18.0 Å². The summed E-state index contributed by atoms with van der Waals surface area (Å²) < 4.78 is 33.6. The molecule has 0 radical (unpaired) electrons. The van der Waals surface area contributed by atoms with Crippen LogP contribution < -0.4 is 10.0 Å². The zero-order valence-corrected chi connectivity index (χ0v) is 20.9. The first-order valence-electron chi connectivity index (χ1n) is 10.1. The van der Waals surface area contributed by atoms with Gasteiger partial charge in [0.25, 0.3) is 15.9 Å². The Morgan fingerprint density at radius 3 is 2.12 bits per heavy atom. The van der Waals surface area contributed by atoms with Crippen LogP contribution in [-0.2, 0) is 19.6 Å². The molecular weight excluding hydrogens is 499 g/mol. The van der Waals surface area contributed by atoms with Crippen molar-refractivity contribution < 1.29 is 22.7 Å². The molecule has 0 aromatic heterocycles. The number of benzene rings is 3. The molecule has 1 atom stereocenters. The third kappa shape index (κ3) is 6.50. The lowest BCUT2D eigenvalue weighted by Crippen LogP contribution is -2.30. The minimum absolute atomic E-state index is 0.0136. The van der Waals surface area contributed by atoms with Crippen molar-refractivity contribution in [1.29, 1.82) is 0 Å². The minimum Gasteiger partial charge on any atom is -0.449 e. The summed E-state index contributed by atoms with van der Waals surface area (Å²) in [5.41, 5.74) is 2.15. The SMILES string of the molecule is Cc1ccc(NS(=O)(=O)c2cc(C(=O)OC(C)C(=O)Nc3cc(Cl)cc(Cl)c3)ccc2C)cc1. The number of sulfonamides is 1. The zero-order chi connectivity index (χ0) is 25.0. The molecule has 0 saturated carbocycles. The van der Waals surface area contributed by atoms with Gasteiger partial charge in [-0.2, -0.15) is 0 Å². The summed E-state index contributed by atoms with van der Waals surface area (Å²) in [7, 11) is -3.97. The van der Waals surface area contributed by atoms with Crippen LogP contribution in [0.25, 0.3) is 0 Å². The number of aryl methyl sites for hydroxylation is 2. The average molecular weight is 521 g/mol. The number of anilines is 2. The Morgan fingerprint density at radius 1 is 0.882 bits per heavy atom. The number of rotatable bonds is 7. The molecule has 2 N–H and O–H groups in total. The lowest BCUT2D eigenvalue weighted by Gasteiger charge is -2.15. The third-order valence-corrected chi connectivity index (χ3v) is 6.76. The molecule has 0 aliphatic heterocycles. The number of carbonyl (C=O) groups excluding carboxylic acids is 2. The maximum absolute atomic E-state index is 12.9. The van der Waals surface area contributed by atoms with Crippen LogP contribution in [0.4, 0.5) is 11.4 Å². The van der Waals surface area contributed by atoms with E-state index in [0.717, 1.165) is 5.56 Å². The van der Waals surface area contributed by atoms with Crippen LogP contribution in [-0.4, -0.2) is 26.4 Å². The van der Waals surface area contributed by atoms with Crippen LogP contribution in [0.2, 0.25) is 10.0 Å². The monoisotopic (exact) mass is 520 g/mol. The Balaban J connectivity index is 1.74. The van der Waals surface area contributed by atoms with Gasteiger partial charge in [-0.25, -0.2) is 13.2 Å². The molecule has 3 aromatic rings. The second kappa shape index (κ2) is 10.5. The predicted octanol–water partition coefficient (Wildman–Crippen LogP) is 5.60. The fourth-order valence-electron chi connectivity index (χ4n) is 3.00. The number of amides is 1. The van der Waals surface area contributed by atoms with Crippen LogP contribution in [0.1, 0.15) is 28.4 Å². The molecule has 34 heavy (non-hydrogen) atoms. The molecule has 0 aliphatic rings. The summed E-state index contributed by atoms with van der Waals surface area (Å²) in [6, 6.07) is 15.5. The number of hydrogen-bond acceptors (Lipinski definition) is 5. The summed E-state index contributed by atoms with van der Waals surface area (Å²) >= 11 is 11.8. The van der Waals surface area contributed by atoms with E-state index in [-0.39, 0.29) is 10.5 Å². The van der Waals surface area contributed by atoms with Crippen molar-refractivity contribution in [3.8, 4) is 0 Å². The molecule has 0 bridgehead atoms. The third-order valence-electron chi connectivity index (χ3n) is 4.80. The standard InChI is InChI=1S/C24H22Cl2N2O5S/c1-14-4-8-20(9-5-14)28-34(31,32)22-10-17(7-6-15(22)2)24(30)33-16(3)23(29)27-21-12-18(25)11-19(26)13-21/h4-13,16,28H,1-3H3,(H,27,29). The Bertz CT molecular complexity index is 1320. The predicted molar refractivity (Wildman–Crippen MR) is 133 cm³/mol. The molecule has 0 saturated heterocycles. The number of esters is 1. The molecule has 0 heterocycles. The van der Waals surface area contributed by atoms with E-state index in [1.165, 1.54) is 43.3 Å². The van der Waals surface area contributed by atoms with E-state index >= 15 is 0 Å². The normalized spacial score (nSPS) is 12.0. The average Bonchev–Trinajstić information content (AvgIpc) is 2.74. The van der Waals surface area contributed by atoms with Crippen molar-refractivity contribution in [2.45, 2.75) is 31.8 Å². The molecule has 7 nitrogen and oxygen atoms in total. The van der Waals surface area contributed by atoms with Gasteiger partial charge in [0.1, 0.15) is 0 Å². The maximum atomic E-state index is 12.9. The van der Waals surface area contributed by atoms with Gasteiger partial charge >= 0.3 is 5.97 Å².